The molecule has 1 heterocycles. The minimum atomic E-state index is -0.354. The fraction of sp³-hybridized carbons (Fsp3) is 0.125. The van der Waals surface area contributed by atoms with Crippen molar-refractivity contribution in [1.82, 2.24) is 0 Å². The Bertz CT molecular complexity index is 569. The van der Waals surface area contributed by atoms with Crippen molar-refractivity contribution < 1.29 is 4.92 Å². The maximum Gasteiger partial charge on any atom is 0.288 e. The van der Waals surface area contributed by atoms with Crippen LogP contribution in [0.25, 0.3) is 9.40 Å². The zero-order valence-electron chi connectivity index (χ0n) is 7.14. The number of benzene rings is 1. The van der Waals surface area contributed by atoms with E-state index in [0.717, 1.165) is 13.4 Å². The number of aryl methyl sites for hydroxylation is 1. The number of hydrogen-bond acceptors (Lipinski definition) is 5. The second-order valence-corrected chi connectivity index (χ2v) is 6.08. The molecule has 72 valence electrons. The zero-order chi connectivity index (χ0) is 10.3. The second kappa shape index (κ2) is 3.38. The van der Waals surface area contributed by atoms with Gasteiger partial charge >= 0.3 is 0 Å². The molecule has 6 heteroatoms. The van der Waals surface area contributed by atoms with Gasteiger partial charge < -0.3 is 0 Å². The number of nitro benzene ring substituents is 1. The fourth-order valence-electron chi connectivity index (χ4n) is 1.23. The Kier molecular flexibility index (Phi) is 2.34. The van der Waals surface area contributed by atoms with E-state index in [-0.39, 0.29) is 10.6 Å². The number of rotatable bonds is 1. The topological polar surface area (TPSA) is 43.1 Å². The van der Waals surface area contributed by atoms with Crippen LogP contribution < -0.4 is 0 Å². The van der Waals surface area contributed by atoms with E-state index >= 15 is 0 Å². The summed E-state index contributed by atoms with van der Waals surface area (Å²) in [5, 5.41) is 10.8. The van der Waals surface area contributed by atoms with Crippen LogP contribution in [0.4, 0.5) is 5.69 Å². The first kappa shape index (κ1) is 9.70. The Hall–Kier alpha value is -0.850. The summed E-state index contributed by atoms with van der Waals surface area (Å²) in [7, 11) is 0. The lowest BCUT2D eigenvalue weighted by atomic mass is 10.2. The number of nitrogens with zero attached hydrogens (tertiary/aromatic N) is 1. The van der Waals surface area contributed by atoms with Crippen molar-refractivity contribution in [2.45, 2.75) is 6.92 Å². The molecule has 0 aliphatic carbocycles. The first-order valence-electron chi connectivity index (χ1n) is 3.76. The molecule has 2 aromatic rings. The van der Waals surface area contributed by atoms with Crippen molar-refractivity contribution in [1.29, 1.82) is 0 Å². The van der Waals surface area contributed by atoms with Crippen LogP contribution in [0, 0.1) is 20.2 Å². The predicted octanol–water partition coefficient (Wildman–Crippen LogP) is 3.91. The van der Waals surface area contributed by atoms with Gasteiger partial charge in [-0.3, -0.25) is 10.1 Å². The average Bonchev–Trinajstić information content (AvgIpc) is 2.42. The highest BCUT2D eigenvalue weighted by Crippen LogP contribution is 2.36. The Labute approximate surface area is 92.8 Å². The maximum absolute atomic E-state index is 10.8. The molecule has 3 nitrogen and oxygen atoms in total. The number of fused-ring (bicyclic) bond motifs is 1. The molecule has 1 aromatic heterocycles. The Morgan fingerprint density at radius 3 is 2.79 bits per heavy atom. The molecule has 14 heavy (non-hydrogen) atoms. The fourth-order valence-corrected chi connectivity index (χ4v) is 3.87. The van der Waals surface area contributed by atoms with Crippen LogP contribution in [0.3, 0.4) is 0 Å². The highest BCUT2D eigenvalue weighted by atomic mass is 32.2. The van der Waals surface area contributed by atoms with Gasteiger partial charge in [-0.2, -0.15) is 0 Å². The molecule has 0 spiro atoms. The van der Waals surface area contributed by atoms with Gasteiger partial charge in [-0.1, -0.05) is 12.2 Å². The molecule has 0 radical (unpaired) electrons. The monoisotopic (exact) mass is 243 g/mol. The molecule has 0 aliphatic heterocycles. The van der Waals surface area contributed by atoms with Gasteiger partial charge in [0.1, 0.15) is 7.84 Å². The van der Waals surface area contributed by atoms with Crippen LogP contribution >= 0.6 is 34.9 Å². The molecule has 0 amide bonds. The van der Waals surface area contributed by atoms with Gasteiger partial charge in [0.25, 0.3) is 5.69 Å². The van der Waals surface area contributed by atoms with Crippen LogP contribution in [0.5, 0.6) is 0 Å². The molecule has 0 fully saturated rings. The summed E-state index contributed by atoms with van der Waals surface area (Å²) < 4.78 is 2.33. The third-order valence-electron chi connectivity index (χ3n) is 1.75. The van der Waals surface area contributed by atoms with Crippen molar-refractivity contribution in [2.24, 2.45) is 0 Å². The van der Waals surface area contributed by atoms with Gasteiger partial charge in [-0.05, 0) is 18.6 Å². The molecule has 0 atom stereocenters. The Morgan fingerprint density at radius 1 is 1.43 bits per heavy atom. The first-order valence-corrected chi connectivity index (χ1v) is 5.81. The zero-order valence-corrected chi connectivity index (χ0v) is 9.59. The van der Waals surface area contributed by atoms with Crippen molar-refractivity contribution in [2.75, 3.05) is 0 Å². The molecule has 0 saturated carbocycles. The van der Waals surface area contributed by atoms with Crippen molar-refractivity contribution in [3.8, 4) is 0 Å². The lowest BCUT2D eigenvalue weighted by Gasteiger charge is -1.94. The van der Waals surface area contributed by atoms with E-state index in [2.05, 4.69) is 0 Å². The summed E-state index contributed by atoms with van der Waals surface area (Å²) in [5.74, 6) is 0. The lowest BCUT2D eigenvalue weighted by Crippen LogP contribution is -1.88. The highest BCUT2D eigenvalue weighted by molar-refractivity contribution is 7.77. The summed E-state index contributed by atoms with van der Waals surface area (Å²) in [6.45, 7) is 1.85. The largest absolute Gasteiger partial charge is 0.288 e. The number of non-ortho nitro benzene ring substituents is 1. The third-order valence-corrected chi connectivity index (χ3v) is 4.39. The summed E-state index contributed by atoms with van der Waals surface area (Å²) in [6, 6.07) is 3.51. The maximum atomic E-state index is 10.8. The van der Waals surface area contributed by atoms with Gasteiger partial charge in [-0.25, -0.2) is 0 Å². The second-order valence-electron chi connectivity index (χ2n) is 2.82. The normalized spacial score (nSPS) is 10.6. The summed E-state index contributed by atoms with van der Waals surface area (Å²) in [6.07, 6.45) is 0. The van der Waals surface area contributed by atoms with Crippen molar-refractivity contribution >= 4 is 50.0 Å². The molecule has 0 bridgehead atoms. The van der Waals surface area contributed by atoms with E-state index in [0.29, 0.717) is 4.70 Å². The number of hydrogen-bond donors (Lipinski definition) is 0. The van der Waals surface area contributed by atoms with Crippen molar-refractivity contribution in [3.05, 3.63) is 30.9 Å². The van der Waals surface area contributed by atoms with Crippen LogP contribution in [-0.4, -0.2) is 4.92 Å². The summed E-state index contributed by atoms with van der Waals surface area (Å²) >= 11 is 7.75. The average molecular weight is 243 g/mol. The predicted molar refractivity (Wildman–Crippen MR) is 61.9 cm³/mol. The van der Waals surface area contributed by atoms with Gasteiger partial charge in [0.15, 0.2) is 0 Å². The quantitative estimate of drug-likeness (QED) is 0.433. The highest BCUT2D eigenvalue weighted by Gasteiger charge is 2.14. The van der Waals surface area contributed by atoms with Gasteiger partial charge in [0.2, 0.25) is 0 Å². The minimum Gasteiger partial charge on any atom is -0.258 e. The molecule has 0 unspecified atom stereocenters. The summed E-state index contributed by atoms with van der Waals surface area (Å²) in [4.78, 5) is 10.4. The van der Waals surface area contributed by atoms with Crippen LogP contribution in [0.2, 0.25) is 0 Å². The number of nitro groups is 1. The molecule has 0 N–H and O–H groups in total. The Morgan fingerprint density at radius 2 is 2.14 bits per heavy atom. The summed E-state index contributed by atoms with van der Waals surface area (Å²) in [5.41, 5.74) is 1.06. The molecular weight excluding hydrogens is 238 g/mol. The molecule has 2 rings (SSSR count). The van der Waals surface area contributed by atoms with Gasteiger partial charge in [-0.15, -0.1) is 22.7 Å². The van der Waals surface area contributed by atoms with Crippen LogP contribution in [-0.2, 0) is 0 Å². The first-order chi connectivity index (χ1) is 6.58. The van der Waals surface area contributed by atoms with E-state index in [4.69, 9.17) is 12.2 Å². The molecule has 1 aromatic carbocycles. The third kappa shape index (κ3) is 1.56. The minimum absolute atomic E-state index is 0.164. The standard InChI is InChI=1S/C8H5NO2S3/c1-4-2-5(9(10)11)7-6(3-4)13-8(12)14-7/h2-3H,1H3. The smallest absolute Gasteiger partial charge is 0.258 e. The molecule has 0 aliphatic rings. The van der Waals surface area contributed by atoms with E-state index in [1.165, 1.54) is 22.7 Å². The SMILES string of the molecule is Cc1cc([N+](=O)[O-])c2sc(=S)sc2c1. The lowest BCUT2D eigenvalue weighted by molar-refractivity contribution is -0.382. The van der Waals surface area contributed by atoms with E-state index < -0.39 is 0 Å². The van der Waals surface area contributed by atoms with Crippen LogP contribution in [0.15, 0.2) is 12.1 Å². The Balaban J connectivity index is 2.92. The van der Waals surface area contributed by atoms with Crippen LogP contribution in [0.1, 0.15) is 5.56 Å². The van der Waals surface area contributed by atoms with E-state index in [1.807, 2.05) is 13.0 Å². The van der Waals surface area contributed by atoms with Gasteiger partial charge in [0.05, 0.1) is 9.62 Å². The van der Waals surface area contributed by atoms with E-state index in [1.54, 1.807) is 6.07 Å². The van der Waals surface area contributed by atoms with Crippen molar-refractivity contribution in [3.63, 3.8) is 0 Å². The molecule has 0 saturated heterocycles. The van der Waals surface area contributed by atoms with Gasteiger partial charge in [0, 0.05) is 6.07 Å². The molecular formula is C8H5NO2S3. The van der Waals surface area contributed by atoms with E-state index in [9.17, 15) is 10.1 Å².